The normalized spacial score (nSPS) is 17.9. The summed E-state index contributed by atoms with van der Waals surface area (Å²) in [5.74, 6) is 0.762. The van der Waals surface area contributed by atoms with E-state index in [0.29, 0.717) is 38.4 Å². The number of rotatable bonds is 5. The summed E-state index contributed by atoms with van der Waals surface area (Å²) < 4.78 is 24.4. The summed E-state index contributed by atoms with van der Waals surface area (Å²) in [7, 11) is 3.90. The summed E-state index contributed by atoms with van der Waals surface area (Å²) in [4.78, 5) is 16.4. The van der Waals surface area contributed by atoms with Gasteiger partial charge in [-0.2, -0.15) is 0 Å². The van der Waals surface area contributed by atoms with Crippen LogP contribution >= 0.6 is 0 Å². The van der Waals surface area contributed by atoms with E-state index in [-0.39, 0.29) is 17.8 Å². The third kappa shape index (κ3) is 4.67. The van der Waals surface area contributed by atoms with Gasteiger partial charge in [0.1, 0.15) is 11.6 Å². The Hall–Kier alpha value is -2.18. The molecule has 1 atom stereocenters. The first-order chi connectivity index (χ1) is 12.0. The minimum atomic E-state index is -0.253. The number of hydrogen-bond acceptors (Lipinski definition) is 4. The van der Waals surface area contributed by atoms with Gasteiger partial charge < -0.3 is 19.0 Å². The molecule has 2 heterocycles. The van der Waals surface area contributed by atoms with Crippen LogP contribution in [0.4, 0.5) is 4.39 Å². The van der Waals surface area contributed by atoms with E-state index in [0.717, 1.165) is 11.3 Å². The van der Waals surface area contributed by atoms with Gasteiger partial charge in [0.2, 0.25) is 0 Å². The fraction of sp³-hybridized carbons (Fsp3) is 0.421. The summed E-state index contributed by atoms with van der Waals surface area (Å²) in [6, 6.07) is 9.95. The van der Waals surface area contributed by atoms with Crippen LogP contribution in [0.25, 0.3) is 0 Å². The average molecular weight is 346 g/mol. The number of carbonyl (C=O) groups excluding carboxylic acids is 1. The first-order valence-electron chi connectivity index (χ1n) is 8.40. The topological polar surface area (TPSA) is 45.9 Å². The standard InChI is InChI=1S/C19H23FN2O3/c1-21(2)12-16-7-8-18(25-16)19(23)22-9-10-24-17(13-22)11-14-3-5-15(20)6-4-14/h3-8,17H,9-13H2,1-2H3. The second-order valence-corrected chi connectivity index (χ2v) is 6.58. The number of halogens is 1. The second kappa shape index (κ2) is 7.80. The number of furan rings is 1. The van der Waals surface area contributed by atoms with Crippen molar-refractivity contribution in [3.63, 3.8) is 0 Å². The van der Waals surface area contributed by atoms with E-state index in [4.69, 9.17) is 9.15 Å². The number of morpholine rings is 1. The highest BCUT2D eigenvalue weighted by Crippen LogP contribution is 2.17. The SMILES string of the molecule is CN(C)Cc1ccc(C(=O)N2CCOC(Cc3ccc(F)cc3)C2)o1. The maximum Gasteiger partial charge on any atom is 0.289 e. The summed E-state index contributed by atoms with van der Waals surface area (Å²) in [5.41, 5.74) is 0.993. The molecule has 0 N–H and O–H groups in total. The maximum atomic E-state index is 13.0. The summed E-state index contributed by atoms with van der Waals surface area (Å²) >= 11 is 0. The zero-order valence-corrected chi connectivity index (χ0v) is 14.6. The van der Waals surface area contributed by atoms with Crippen molar-refractivity contribution < 1.29 is 18.3 Å². The molecule has 1 aromatic carbocycles. The molecule has 0 spiro atoms. The van der Waals surface area contributed by atoms with Crippen molar-refractivity contribution in [1.29, 1.82) is 0 Å². The van der Waals surface area contributed by atoms with Crippen molar-refractivity contribution >= 4 is 5.91 Å². The Bertz CT molecular complexity index is 712. The molecule has 0 bridgehead atoms. The molecule has 1 aromatic heterocycles. The van der Waals surface area contributed by atoms with Crippen molar-refractivity contribution in [2.45, 2.75) is 19.1 Å². The van der Waals surface area contributed by atoms with E-state index < -0.39 is 0 Å². The van der Waals surface area contributed by atoms with Crippen LogP contribution in [-0.4, -0.2) is 55.6 Å². The van der Waals surface area contributed by atoms with Gasteiger partial charge in [-0.25, -0.2) is 4.39 Å². The van der Waals surface area contributed by atoms with E-state index >= 15 is 0 Å². The number of hydrogen-bond donors (Lipinski definition) is 0. The Morgan fingerprint density at radius 3 is 2.72 bits per heavy atom. The lowest BCUT2D eigenvalue weighted by atomic mass is 10.1. The molecule has 134 valence electrons. The fourth-order valence-electron chi connectivity index (χ4n) is 2.96. The van der Waals surface area contributed by atoms with Gasteiger partial charge in [0.05, 0.1) is 19.3 Å². The monoisotopic (exact) mass is 346 g/mol. The third-order valence-corrected chi connectivity index (χ3v) is 4.15. The average Bonchev–Trinajstić information content (AvgIpc) is 3.04. The molecule has 1 saturated heterocycles. The quantitative estimate of drug-likeness (QED) is 0.835. The number of benzene rings is 1. The Labute approximate surface area is 147 Å². The van der Waals surface area contributed by atoms with E-state index in [1.165, 1.54) is 12.1 Å². The van der Waals surface area contributed by atoms with Gasteiger partial charge in [-0.1, -0.05) is 12.1 Å². The molecule has 0 saturated carbocycles. The summed E-state index contributed by atoms with van der Waals surface area (Å²) in [5, 5.41) is 0. The van der Waals surface area contributed by atoms with E-state index in [1.807, 2.05) is 25.1 Å². The molecular weight excluding hydrogens is 323 g/mol. The van der Waals surface area contributed by atoms with Crippen LogP contribution in [0.2, 0.25) is 0 Å². The number of carbonyl (C=O) groups is 1. The first kappa shape index (κ1) is 17.6. The van der Waals surface area contributed by atoms with Gasteiger partial charge in [-0.3, -0.25) is 4.79 Å². The second-order valence-electron chi connectivity index (χ2n) is 6.58. The minimum Gasteiger partial charge on any atom is -0.455 e. The molecule has 1 unspecified atom stereocenters. The Morgan fingerprint density at radius 2 is 2.00 bits per heavy atom. The van der Waals surface area contributed by atoms with Crippen LogP contribution in [0.1, 0.15) is 21.9 Å². The van der Waals surface area contributed by atoms with Gasteiger partial charge in [0, 0.05) is 19.5 Å². The minimum absolute atomic E-state index is 0.0978. The van der Waals surface area contributed by atoms with Gasteiger partial charge in [-0.05, 0) is 43.9 Å². The van der Waals surface area contributed by atoms with Crippen molar-refractivity contribution in [3.8, 4) is 0 Å². The maximum absolute atomic E-state index is 13.0. The van der Waals surface area contributed by atoms with Gasteiger partial charge in [0.25, 0.3) is 5.91 Å². The van der Waals surface area contributed by atoms with Crippen molar-refractivity contribution in [2.75, 3.05) is 33.8 Å². The van der Waals surface area contributed by atoms with Crippen molar-refractivity contribution in [3.05, 3.63) is 59.3 Å². The van der Waals surface area contributed by atoms with Crippen LogP contribution in [0.3, 0.4) is 0 Å². The van der Waals surface area contributed by atoms with Crippen LogP contribution < -0.4 is 0 Å². The molecule has 0 aliphatic carbocycles. The summed E-state index contributed by atoms with van der Waals surface area (Å²) in [6.07, 6.45) is 0.549. The first-order valence-corrected chi connectivity index (χ1v) is 8.40. The molecule has 5 nitrogen and oxygen atoms in total. The molecule has 0 radical (unpaired) electrons. The lowest BCUT2D eigenvalue weighted by molar-refractivity contribution is -0.0218. The molecule has 1 aliphatic rings. The van der Waals surface area contributed by atoms with Gasteiger partial charge in [-0.15, -0.1) is 0 Å². The molecule has 1 fully saturated rings. The zero-order valence-electron chi connectivity index (χ0n) is 14.6. The van der Waals surface area contributed by atoms with E-state index in [2.05, 4.69) is 0 Å². The highest BCUT2D eigenvalue weighted by molar-refractivity contribution is 5.91. The Morgan fingerprint density at radius 1 is 1.24 bits per heavy atom. The highest BCUT2D eigenvalue weighted by Gasteiger charge is 2.27. The zero-order chi connectivity index (χ0) is 17.8. The largest absolute Gasteiger partial charge is 0.455 e. The van der Waals surface area contributed by atoms with Crippen LogP contribution in [-0.2, 0) is 17.7 Å². The third-order valence-electron chi connectivity index (χ3n) is 4.15. The van der Waals surface area contributed by atoms with Crippen molar-refractivity contribution in [2.24, 2.45) is 0 Å². The van der Waals surface area contributed by atoms with Crippen LogP contribution in [0.15, 0.2) is 40.8 Å². The smallest absolute Gasteiger partial charge is 0.289 e. The predicted molar refractivity (Wildman–Crippen MR) is 91.8 cm³/mol. The number of ether oxygens (including phenoxy) is 1. The summed E-state index contributed by atoms with van der Waals surface area (Å²) in [6.45, 7) is 2.19. The van der Waals surface area contributed by atoms with Crippen LogP contribution in [0.5, 0.6) is 0 Å². The van der Waals surface area contributed by atoms with E-state index in [9.17, 15) is 9.18 Å². The van der Waals surface area contributed by atoms with Crippen LogP contribution in [0, 0.1) is 5.82 Å². The lowest BCUT2D eigenvalue weighted by Gasteiger charge is -2.32. The van der Waals surface area contributed by atoms with Gasteiger partial charge in [0.15, 0.2) is 5.76 Å². The Balaban J connectivity index is 1.61. The molecule has 2 aromatic rings. The number of nitrogens with zero attached hydrogens (tertiary/aromatic N) is 2. The Kier molecular flexibility index (Phi) is 5.50. The van der Waals surface area contributed by atoms with E-state index in [1.54, 1.807) is 23.1 Å². The molecular formula is C19H23FN2O3. The predicted octanol–water partition coefficient (Wildman–Crippen LogP) is 2.56. The highest BCUT2D eigenvalue weighted by atomic mass is 19.1. The molecule has 1 amide bonds. The number of amides is 1. The molecule has 1 aliphatic heterocycles. The molecule has 6 heteroatoms. The lowest BCUT2D eigenvalue weighted by Crippen LogP contribution is -2.46. The molecule has 25 heavy (non-hydrogen) atoms. The van der Waals surface area contributed by atoms with Gasteiger partial charge >= 0.3 is 0 Å². The fourth-order valence-corrected chi connectivity index (χ4v) is 2.96. The molecule has 3 rings (SSSR count). The van der Waals surface area contributed by atoms with Crippen molar-refractivity contribution in [1.82, 2.24) is 9.80 Å².